The van der Waals surface area contributed by atoms with E-state index in [1.54, 1.807) is 18.1 Å². The Morgan fingerprint density at radius 3 is 2.48 bits per heavy atom. The fraction of sp³-hybridized carbons (Fsp3) is 0.417. The zero-order valence-corrected chi connectivity index (χ0v) is 20.4. The lowest BCUT2D eigenvalue weighted by molar-refractivity contribution is -0.143. The van der Waals surface area contributed by atoms with Crippen molar-refractivity contribution in [2.24, 2.45) is 0 Å². The predicted octanol–water partition coefficient (Wildman–Crippen LogP) is 4.48. The SMILES string of the molecule is CCC(C(=O)NC(C)C)N(Cc1cccc(OC)c1)C(=O)COc1ccc(Br)c(C)c1. The van der Waals surface area contributed by atoms with E-state index in [9.17, 15) is 9.59 Å². The molecule has 0 saturated heterocycles. The molecule has 31 heavy (non-hydrogen) atoms. The van der Waals surface area contributed by atoms with Crippen LogP contribution in [0, 0.1) is 6.92 Å². The molecule has 1 N–H and O–H groups in total. The molecule has 0 aliphatic carbocycles. The fourth-order valence-corrected chi connectivity index (χ4v) is 3.45. The minimum atomic E-state index is -0.601. The number of halogens is 1. The number of nitrogens with zero attached hydrogens (tertiary/aromatic N) is 1. The van der Waals surface area contributed by atoms with Gasteiger partial charge in [-0.15, -0.1) is 0 Å². The third-order valence-electron chi connectivity index (χ3n) is 4.80. The number of aryl methyl sites for hydroxylation is 1. The highest BCUT2D eigenvalue weighted by molar-refractivity contribution is 9.10. The highest BCUT2D eigenvalue weighted by Gasteiger charge is 2.29. The van der Waals surface area contributed by atoms with Crippen LogP contribution in [-0.2, 0) is 16.1 Å². The smallest absolute Gasteiger partial charge is 0.261 e. The Morgan fingerprint density at radius 1 is 1.13 bits per heavy atom. The van der Waals surface area contributed by atoms with Gasteiger partial charge in [0, 0.05) is 17.1 Å². The standard InChI is InChI=1S/C24H31BrN2O4/c1-6-22(24(29)26-16(2)3)27(14-18-8-7-9-19(13-18)30-5)23(28)15-31-20-10-11-21(25)17(4)12-20/h7-13,16,22H,6,14-15H2,1-5H3,(H,26,29). The first-order valence-electron chi connectivity index (χ1n) is 10.4. The molecule has 6 nitrogen and oxygen atoms in total. The maximum absolute atomic E-state index is 13.2. The molecule has 2 aromatic carbocycles. The van der Waals surface area contributed by atoms with E-state index in [2.05, 4.69) is 21.2 Å². The van der Waals surface area contributed by atoms with Crippen molar-refractivity contribution >= 4 is 27.7 Å². The normalized spacial score (nSPS) is 11.7. The van der Waals surface area contributed by atoms with Gasteiger partial charge in [-0.3, -0.25) is 9.59 Å². The molecular formula is C24H31BrN2O4. The Balaban J connectivity index is 2.24. The first kappa shape index (κ1) is 24.7. The van der Waals surface area contributed by atoms with Gasteiger partial charge in [0.05, 0.1) is 7.11 Å². The number of carbonyl (C=O) groups is 2. The predicted molar refractivity (Wildman–Crippen MR) is 125 cm³/mol. The fourth-order valence-electron chi connectivity index (χ4n) is 3.20. The third-order valence-corrected chi connectivity index (χ3v) is 5.69. The van der Waals surface area contributed by atoms with Gasteiger partial charge < -0.3 is 19.7 Å². The molecule has 0 aliphatic rings. The van der Waals surface area contributed by atoms with Gasteiger partial charge >= 0.3 is 0 Å². The highest BCUT2D eigenvalue weighted by atomic mass is 79.9. The second-order valence-corrected chi connectivity index (χ2v) is 8.51. The molecule has 0 aliphatic heterocycles. The third kappa shape index (κ3) is 7.28. The van der Waals surface area contributed by atoms with E-state index in [1.807, 2.05) is 64.1 Å². The van der Waals surface area contributed by atoms with Gasteiger partial charge in [0.15, 0.2) is 6.61 Å². The molecule has 7 heteroatoms. The monoisotopic (exact) mass is 490 g/mol. The van der Waals surface area contributed by atoms with Crippen LogP contribution in [0.1, 0.15) is 38.3 Å². The minimum Gasteiger partial charge on any atom is -0.497 e. The number of rotatable bonds is 10. The zero-order valence-electron chi connectivity index (χ0n) is 18.8. The second-order valence-electron chi connectivity index (χ2n) is 7.66. The molecule has 0 fully saturated rings. The van der Waals surface area contributed by atoms with Crippen molar-refractivity contribution in [2.75, 3.05) is 13.7 Å². The Kier molecular flexibility index (Phi) is 9.37. The number of carbonyl (C=O) groups excluding carboxylic acids is 2. The summed E-state index contributed by atoms with van der Waals surface area (Å²) in [4.78, 5) is 27.6. The van der Waals surface area contributed by atoms with Crippen LogP contribution in [0.4, 0.5) is 0 Å². The molecule has 2 rings (SSSR count). The molecule has 1 atom stereocenters. The molecule has 2 aromatic rings. The van der Waals surface area contributed by atoms with Crippen LogP contribution in [0.5, 0.6) is 11.5 Å². The van der Waals surface area contributed by atoms with Crippen molar-refractivity contribution in [3.05, 3.63) is 58.1 Å². The van der Waals surface area contributed by atoms with Crippen molar-refractivity contribution in [1.82, 2.24) is 10.2 Å². The summed E-state index contributed by atoms with van der Waals surface area (Å²) in [7, 11) is 1.60. The number of amides is 2. The summed E-state index contributed by atoms with van der Waals surface area (Å²) >= 11 is 3.46. The Morgan fingerprint density at radius 2 is 1.87 bits per heavy atom. The van der Waals surface area contributed by atoms with Crippen molar-refractivity contribution < 1.29 is 19.1 Å². The van der Waals surface area contributed by atoms with Crippen molar-refractivity contribution in [3.63, 3.8) is 0 Å². The van der Waals surface area contributed by atoms with Crippen LogP contribution in [0.25, 0.3) is 0 Å². The molecule has 0 spiro atoms. The van der Waals surface area contributed by atoms with Crippen LogP contribution < -0.4 is 14.8 Å². The van der Waals surface area contributed by atoms with Crippen molar-refractivity contribution in [3.8, 4) is 11.5 Å². The molecule has 0 radical (unpaired) electrons. The van der Waals surface area contributed by atoms with E-state index in [-0.39, 0.29) is 31.0 Å². The molecule has 0 aromatic heterocycles. The Bertz CT molecular complexity index is 901. The molecule has 0 saturated carbocycles. The van der Waals surface area contributed by atoms with Crippen LogP contribution in [0.3, 0.4) is 0 Å². The van der Waals surface area contributed by atoms with E-state index in [0.29, 0.717) is 17.9 Å². The Hall–Kier alpha value is -2.54. The van der Waals surface area contributed by atoms with E-state index < -0.39 is 6.04 Å². The van der Waals surface area contributed by atoms with Gasteiger partial charge in [0.2, 0.25) is 5.91 Å². The number of ether oxygens (including phenoxy) is 2. The van der Waals surface area contributed by atoms with Crippen LogP contribution in [0.2, 0.25) is 0 Å². The maximum Gasteiger partial charge on any atom is 0.261 e. The summed E-state index contributed by atoms with van der Waals surface area (Å²) in [6.45, 7) is 7.78. The van der Waals surface area contributed by atoms with Gasteiger partial charge in [-0.1, -0.05) is 35.0 Å². The highest BCUT2D eigenvalue weighted by Crippen LogP contribution is 2.22. The molecular weight excluding hydrogens is 460 g/mol. The summed E-state index contributed by atoms with van der Waals surface area (Å²) in [6.07, 6.45) is 0.492. The van der Waals surface area contributed by atoms with E-state index in [1.165, 1.54) is 0 Å². The lowest BCUT2D eigenvalue weighted by Crippen LogP contribution is -2.51. The topological polar surface area (TPSA) is 67.9 Å². The summed E-state index contributed by atoms with van der Waals surface area (Å²) < 4.78 is 12.0. The first-order chi connectivity index (χ1) is 14.7. The van der Waals surface area contributed by atoms with Crippen molar-refractivity contribution in [2.45, 2.75) is 52.7 Å². The van der Waals surface area contributed by atoms with Gasteiger partial charge in [-0.2, -0.15) is 0 Å². The van der Waals surface area contributed by atoms with Gasteiger partial charge in [0.25, 0.3) is 5.91 Å². The Labute approximate surface area is 193 Å². The zero-order chi connectivity index (χ0) is 23.0. The van der Waals surface area contributed by atoms with Crippen molar-refractivity contribution in [1.29, 1.82) is 0 Å². The average molecular weight is 491 g/mol. The maximum atomic E-state index is 13.2. The van der Waals surface area contributed by atoms with E-state index >= 15 is 0 Å². The second kappa shape index (κ2) is 11.7. The number of nitrogens with one attached hydrogen (secondary N) is 1. The molecule has 1 unspecified atom stereocenters. The first-order valence-corrected chi connectivity index (χ1v) is 11.2. The lowest BCUT2D eigenvalue weighted by Gasteiger charge is -2.31. The quantitative estimate of drug-likeness (QED) is 0.533. The average Bonchev–Trinajstić information content (AvgIpc) is 2.73. The summed E-state index contributed by atoms with van der Waals surface area (Å²) in [5, 5.41) is 2.92. The number of hydrogen-bond donors (Lipinski definition) is 1. The summed E-state index contributed by atoms with van der Waals surface area (Å²) in [6, 6.07) is 12.4. The van der Waals surface area contributed by atoms with Crippen LogP contribution >= 0.6 is 15.9 Å². The number of benzene rings is 2. The van der Waals surface area contributed by atoms with E-state index in [4.69, 9.17) is 9.47 Å². The molecule has 168 valence electrons. The largest absolute Gasteiger partial charge is 0.497 e. The number of hydrogen-bond acceptors (Lipinski definition) is 4. The van der Waals surface area contributed by atoms with Gasteiger partial charge in [0.1, 0.15) is 17.5 Å². The minimum absolute atomic E-state index is 0.0164. The van der Waals surface area contributed by atoms with E-state index in [0.717, 1.165) is 15.6 Å². The summed E-state index contributed by atoms with van der Waals surface area (Å²) in [5.41, 5.74) is 1.89. The molecule has 0 heterocycles. The molecule has 0 bridgehead atoms. The van der Waals surface area contributed by atoms with Gasteiger partial charge in [-0.25, -0.2) is 0 Å². The van der Waals surface area contributed by atoms with Crippen LogP contribution in [-0.4, -0.2) is 42.5 Å². The molecule has 2 amide bonds. The summed E-state index contributed by atoms with van der Waals surface area (Å²) in [5.74, 6) is 0.878. The lowest BCUT2D eigenvalue weighted by atomic mass is 10.1. The van der Waals surface area contributed by atoms with Gasteiger partial charge in [-0.05, 0) is 68.7 Å². The van der Waals surface area contributed by atoms with Crippen LogP contribution in [0.15, 0.2) is 46.9 Å². The number of methoxy groups -OCH3 is 1.